The van der Waals surface area contributed by atoms with Crippen LogP contribution in [0.15, 0.2) is 291 Å². The van der Waals surface area contributed by atoms with Crippen molar-refractivity contribution in [1.82, 2.24) is 0 Å². The molecule has 4 heteroatoms. The minimum absolute atomic E-state index is 0.204. The number of anilines is 6. The van der Waals surface area contributed by atoms with Crippen LogP contribution >= 0.6 is 0 Å². The zero-order chi connectivity index (χ0) is 65.9. The van der Waals surface area contributed by atoms with Crippen molar-refractivity contribution in [2.75, 3.05) is 9.80 Å². The number of halogens is 2. The molecule has 14 aromatic rings. The largest absolute Gasteiger partial charge is 0.310 e. The van der Waals surface area contributed by atoms with Crippen molar-refractivity contribution in [3.8, 4) is 55.6 Å². The highest BCUT2D eigenvalue weighted by molar-refractivity contribution is 5.93. The number of nitrogens with zero attached hydrogens (tertiary/aromatic N) is 2. The van der Waals surface area contributed by atoms with Gasteiger partial charge in [0.15, 0.2) is 0 Å². The fourth-order valence-corrected chi connectivity index (χ4v) is 15.8. The summed E-state index contributed by atoms with van der Waals surface area (Å²) in [4.78, 5) is 4.47. The van der Waals surface area contributed by atoms with E-state index in [0.29, 0.717) is 0 Å². The molecule has 14 aromatic carbocycles. The van der Waals surface area contributed by atoms with Gasteiger partial charge in [0.2, 0.25) is 0 Å². The van der Waals surface area contributed by atoms with E-state index in [-0.39, 0.29) is 27.9 Å². The Morgan fingerprint density at radius 1 is 0.227 bits per heavy atom. The zero-order valence-corrected chi connectivity index (χ0v) is 55.2. The Morgan fingerprint density at radius 2 is 0.474 bits per heavy atom. The second-order valence-corrected chi connectivity index (χ2v) is 28.1. The molecule has 0 aromatic heterocycles. The lowest BCUT2D eigenvalue weighted by molar-refractivity contribution is 0.627. The summed E-state index contributed by atoms with van der Waals surface area (Å²) in [5.74, 6) is -0.523. The molecular weight excluding hydrogens is 1180 g/mol. The van der Waals surface area contributed by atoms with Gasteiger partial charge in [0.05, 0.1) is 0 Å². The molecule has 0 heterocycles. The topological polar surface area (TPSA) is 6.48 Å². The van der Waals surface area contributed by atoms with E-state index in [4.69, 9.17) is 0 Å². The molecule has 0 radical (unpaired) electrons. The number of rotatable bonds is 12. The van der Waals surface area contributed by atoms with Gasteiger partial charge in [-0.3, -0.25) is 0 Å². The second kappa shape index (κ2) is 22.9. The van der Waals surface area contributed by atoms with Crippen molar-refractivity contribution >= 4 is 80.0 Å². The fourth-order valence-electron chi connectivity index (χ4n) is 15.8. The Hall–Kier alpha value is -11.5. The average Bonchev–Trinajstić information content (AvgIpc) is 1.59. The van der Waals surface area contributed by atoms with Crippen molar-refractivity contribution in [3.63, 3.8) is 0 Å². The summed E-state index contributed by atoms with van der Waals surface area (Å²) in [5, 5.41) is 4.87. The fraction of sp³-hybridized carbons (Fsp3) is 0.0968. The van der Waals surface area contributed by atoms with E-state index in [1.807, 2.05) is 24.3 Å². The third-order valence-electron chi connectivity index (χ3n) is 21.1. The van der Waals surface area contributed by atoms with Gasteiger partial charge in [-0.1, -0.05) is 248 Å². The van der Waals surface area contributed by atoms with Crippen LogP contribution in [0.2, 0.25) is 0 Å². The number of hydrogen-bond donors (Lipinski definition) is 0. The molecule has 466 valence electrons. The monoisotopic (exact) mass is 1250 g/mol. The van der Waals surface area contributed by atoms with Gasteiger partial charge in [-0.2, -0.15) is 0 Å². The van der Waals surface area contributed by atoms with E-state index in [0.717, 1.165) is 56.4 Å². The molecule has 0 atom stereocenters. The predicted octanol–water partition coefficient (Wildman–Crippen LogP) is 25.8. The molecule has 3 aliphatic carbocycles. The molecule has 0 unspecified atom stereocenters. The summed E-state index contributed by atoms with van der Waals surface area (Å²) < 4.78 is 29.0. The quantitative estimate of drug-likeness (QED) is 0.113. The Kier molecular flexibility index (Phi) is 14.0. The SMILES string of the molecule is CC1(C)c2cc(C=Cc3ccc4c(c3)C(C)(C)c3cc(N(c5ccc(F)cc5)c5ccc(-c6ccc7ccccc7c6)cc5)ccc3-4)ccc2-c2ccc(C=Cc3ccc4c(c3)C(C)(C)c3cc(N(c5ccc(F)cc5)c5ccc(-c6ccc7ccccc7c6)cc5)ccc3-4)cc21. The molecular formula is C93H70F2N2. The predicted molar refractivity (Wildman–Crippen MR) is 405 cm³/mol. The average molecular weight is 1250 g/mol. The van der Waals surface area contributed by atoms with Crippen LogP contribution in [-0.2, 0) is 16.2 Å². The first kappa shape index (κ1) is 59.3. The van der Waals surface area contributed by atoms with E-state index < -0.39 is 0 Å². The van der Waals surface area contributed by atoms with Crippen LogP contribution in [0.3, 0.4) is 0 Å². The molecule has 0 spiro atoms. The Morgan fingerprint density at radius 3 is 0.784 bits per heavy atom. The van der Waals surface area contributed by atoms with E-state index in [1.165, 1.54) is 111 Å². The third kappa shape index (κ3) is 10.3. The highest BCUT2D eigenvalue weighted by Gasteiger charge is 2.39. The second-order valence-electron chi connectivity index (χ2n) is 28.1. The summed E-state index contributed by atoms with van der Waals surface area (Å²) in [7, 11) is 0. The maximum atomic E-state index is 14.5. The zero-order valence-electron chi connectivity index (χ0n) is 55.2. The maximum absolute atomic E-state index is 14.5. The van der Waals surface area contributed by atoms with Gasteiger partial charge in [0.25, 0.3) is 0 Å². The first-order valence-corrected chi connectivity index (χ1v) is 33.6. The number of benzene rings is 14. The van der Waals surface area contributed by atoms with E-state index >= 15 is 0 Å². The van der Waals surface area contributed by atoms with Gasteiger partial charge in [0.1, 0.15) is 11.6 Å². The summed E-state index contributed by atoms with van der Waals surface area (Å²) in [6.07, 6.45) is 9.05. The van der Waals surface area contributed by atoms with Crippen LogP contribution in [0, 0.1) is 11.6 Å². The first-order valence-electron chi connectivity index (χ1n) is 33.6. The smallest absolute Gasteiger partial charge is 0.123 e. The molecule has 0 bridgehead atoms. The first-order chi connectivity index (χ1) is 47.1. The molecule has 0 saturated carbocycles. The lowest BCUT2D eigenvalue weighted by Crippen LogP contribution is -2.16. The minimum Gasteiger partial charge on any atom is -0.310 e. The van der Waals surface area contributed by atoms with E-state index in [2.05, 4.69) is 318 Å². The van der Waals surface area contributed by atoms with E-state index in [1.54, 1.807) is 24.3 Å². The summed E-state index contributed by atoms with van der Waals surface area (Å²) in [5.41, 5.74) is 29.7. The summed E-state index contributed by atoms with van der Waals surface area (Å²) in [6, 6.07) is 103. The highest BCUT2D eigenvalue weighted by Crippen LogP contribution is 2.54. The molecule has 0 amide bonds. The molecule has 2 nitrogen and oxygen atoms in total. The highest BCUT2D eigenvalue weighted by atomic mass is 19.1. The van der Waals surface area contributed by atoms with Crippen LogP contribution < -0.4 is 9.80 Å². The summed E-state index contributed by atoms with van der Waals surface area (Å²) in [6.45, 7) is 14.1. The van der Waals surface area contributed by atoms with Crippen LogP contribution in [-0.4, -0.2) is 0 Å². The van der Waals surface area contributed by atoms with Crippen molar-refractivity contribution in [3.05, 3.63) is 358 Å². The van der Waals surface area contributed by atoms with Gasteiger partial charge in [0, 0.05) is 50.4 Å². The summed E-state index contributed by atoms with van der Waals surface area (Å²) >= 11 is 0. The Bertz CT molecular complexity index is 5210. The van der Waals surface area contributed by atoms with Gasteiger partial charge < -0.3 is 9.80 Å². The van der Waals surface area contributed by atoms with Gasteiger partial charge >= 0.3 is 0 Å². The van der Waals surface area contributed by atoms with Crippen molar-refractivity contribution in [2.24, 2.45) is 0 Å². The molecule has 17 rings (SSSR count). The van der Waals surface area contributed by atoms with Crippen molar-refractivity contribution < 1.29 is 8.78 Å². The maximum Gasteiger partial charge on any atom is 0.123 e. The van der Waals surface area contributed by atoms with Gasteiger partial charge in [-0.25, -0.2) is 8.78 Å². The van der Waals surface area contributed by atoms with Crippen LogP contribution in [0.4, 0.5) is 42.9 Å². The van der Waals surface area contributed by atoms with Crippen LogP contribution in [0.25, 0.3) is 101 Å². The molecule has 97 heavy (non-hydrogen) atoms. The van der Waals surface area contributed by atoms with Crippen molar-refractivity contribution in [2.45, 2.75) is 57.8 Å². The standard InChI is InChI=1S/C93H70F2N2/c1-91(2)85-51-59(15-17-61-21-47-81-83-49-43-77(57-89(83)92(3,4)87(81)53-61)96(75-39-31-71(94)32-40-75)73-35-27-65(28-36-73)69-25-23-63-11-7-9-13-67(63)55-69)19-45-79(85)80-46-20-60(52-86(80)91)16-18-62-22-48-82-84-50-44-78(58-90(84)93(5,6)88(82)54-62)97(76-41-33-72(95)34-42-76)74-37-29-66(30-38-74)70-26-24-64-12-8-10-14-68(64)56-70/h7-58H,1-6H3. The van der Waals surface area contributed by atoms with Crippen LogP contribution in [0.1, 0.15) is 97.2 Å². The normalized spacial score (nSPS) is 14.1. The molecule has 0 aliphatic heterocycles. The van der Waals surface area contributed by atoms with Gasteiger partial charge in [-0.15, -0.1) is 0 Å². The molecule has 3 aliphatic rings. The lowest BCUT2D eigenvalue weighted by Gasteiger charge is -2.28. The Labute approximate surface area is 567 Å². The number of fused-ring (bicyclic) bond motifs is 11. The lowest BCUT2D eigenvalue weighted by atomic mass is 9.81. The minimum atomic E-state index is -0.277. The third-order valence-corrected chi connectivity index (χ3v) is 21.1. The molecule has 0 saturated heterocycles. The molecule has 0 fully saturated rings. The number of hydrogen-bond acceptors (Lipinski definition) is 2. The van der Waals surface area contributed by atoms with Crippen LogP contribution in [0.5, 0.6) is 0 Å². The Balaban J connectivity index is 0.596. The van der Waals surface area contributed by atoms with E-state index in [9.17, 15) is 8.78 Å². The van der Waals surface area contributed by atoms with Gasteiger partial charge in [-0.05, 0) is 242 Å². The molecule has 0 N–H and O–H groups in total. The van der Waals surface area contributed by atoms with Crippen molar-refractivity contribution in [1.29, 1.82) is 0 Å².